The molecule has 0 amide bonds. The van der Waals surface area contributed by atoms with Crippen molar-refractivity contribution in [2.75, 3.05) is 0 Å². The van der Waals surface area contributed by atoms with Crippen LogP contribution in [0.2, 0.25) is 0 Å². The summed E-state index contributed by atoms with van der Waals surface area (Å²) in [7, 11) is -0.926. The van der Waals surface area contributed by atoms with Crippen molar-refractivity contribution in [3.8, 4) is 0 Å². The van der Waals surface area contributed by atoms with Gasteiger partial charge in [0.15, 0.2) is 0 Å². The first-order valence-corrected chi connectivity index (χ1v) is 15.6. The maximum atomic E-state index is 10.7. The van der Waals surface area contributed by atoms with Crippen LogP contribution in [0.3, 0.4) is 0 Å². The molecule has 44 heavy (non-hydrogen) atoms. The second-order valence-corrected chi connectivity index (χ2v) is 13.5. The van der Waals surface area contributed by atoms with Crippen LogP contribution in [0.5, 0.6) is 0 Å². The predicted octanol–water partition coefficient (Wildman–Crippen LogP) is 4.68. The van der Waals surface area contributed by atoms with Gasteiger partial charge in [0.05, 0.1) is 22.4 Å². The minimum atomic E-state index is -0.523. The van der Waals surface area contributed by atoms with E-state index in [-0.39, 0.29) is 47.4 Å². The standard InChI is InChI=1S/C13H17BO3.C9H19BO3.C7H5BrO.C4H9.Li/c1-12(2)13(3,4)17-14(16-12)11-7-5-6-10(8-11)9-15;1-7(2)11-10-12-8(3,4)9(5,6)13-10;8-7-3-1-2-6(4-7)5-9;1-3-4-2;/h5-9H,1-4H3;7H,1-6H3;1-5H;1,3-4H2,2H3;/q;;;-1;+1. The third-order valence-corrected chi connectivity index (χ3v) is 8.02. The SMILES string of the molecule is CC(C)OB1OC(C)(C)C(C)(C)O1.CC1(C)OB(c2cccc(C=O)c2)OC1(C)C.O=Cc1cccc(Br)c1.[CH2-]CCC.[Li+]. The number of benzene rings is 2. The normalized spacial score (nSPS) is 18.4. The minimum Gasteiger partial charge on any atom is -0.399 e. The summed E-state index contributed by atoms with van der Waals surface area (Å²) in [6.07, 6.45) is 4.05. The van der Waals surface area contributed by atoms with E-state index in [4.69, 9.17) is 23.3 Å². The van der Waals surface area contributed by atoms with Crippen LogP contribution < -0.4 is 24.3 Å². The third kappa shape index (κ3) is 13.3. The molecule has 0 aliphatic carbocycles. The Hall–Kier alpha value is -1.21. The molecule has 7 nitrogen and oxygen atoms in total. The topological polar surface area (TPSA) is 80.3 Å². The Balaban J connectivity index is 0.000000610. The summed E-state index contributed by atoms with van der Waals surface area (Å²) in [5.41, 5.74) is 0.915. The second kappa shape index (κ2) is 18.8. The van der Waals surface area contributed by atoms with E-state index in [2.05, 4.69) is 29.8 Å². The Kier molecular flexibility index (Phi) is 18.3. The van der Waals surface area contributed by atoms with Gasteiger partial charge in [-0.1, -0.05) is 65.7 Å². The fraction of sp³-hybridized carbons (Fsp3) is 0.545. The largest absolute Gasteiger partial charge is 1.00 e. The van der Waals surface area contributed by atoms with E-state index in [1.807, 2.05) is 93.5 Å². The molecule has 238 valence electrons. The van der Waals surface area contributed by atoms with Gasteiger partial charge < -0.3 is 30.2 Å². The van der Waals surface area contributed by atoms with Gasteiger partial charge in [-0.25, -0.2) is 0 Å². The van der Waals surface area contributed by atoms with Gasteiger partial charge in [0.2, 0.25) is 0 Å². The zero-order valence-electron chi connectivity index (χ0n) is 28.9. The number of halogens is 1. The molecule has 0 atom stereocenters. The molecule has 0 unspecified atom stereocenters. The molecule has 2 aromatic rings. The van der Waals surface area contributed by atoms with Crippen molar-refractivity contribution >= 4 is 48.4 Å². The van der Waals surface area contributed by atoms with E-state index in [0.717, 1.165) is 28.9 Å². The van der Waals surface area contributed by atoms with Gasteiger partial charge >= 0.3 is 33.3 Å². The zero-order valence-corrected chi connectivity index (χ0v) is 30.4. The van der Waals surface area contributed by atoms with Crippen LogP contribution in [0.1, 0.15) is 110 Å². The number of aldehydes is 2. The van der Waals surface area contributed by atoms with Gasteiger partial charge in [0.25, 0.3) is 0 Å². The van der Waals surface area contributed by atoms with Crippen molar-refractivity contribution in [3.05, 3.63) is 71.1 Å². The molecule has 4 rings (SSSR count). The maximum Gasteiger partial charge on any atom is 1.00 e. The van der Waals surface area contributed by atoms with Crippen molar-refractivity contribution in [2.24, 2.45) is 0 Å². The van der Waals surface area contributed by atoms with E-state index >= 15 is 0 Å². The molecule has 2 aromatic carbocycles. The Morgan fingerprint density at radius 3 is 1.57 bits per heavy atom. The molecular weight excluding hydrogens is 617 g/mol. The van der Waals surface area contributed by atoms with Crippen LogP contribution in [0, 0.1) is 6.92 Å². The van der Waals surface area contributed by atoms with Gasteiger partial charge in [-0.3, -0.25) is 9.59 Å². The third-order valence-electron chi connectivity index (χ3n) is 7.53. The fourth-order valence-electron chi connectivity index (χ4n) is 3.40. The van der Waals surface area contributed by atoms with Gasteiger partial charge in [-0.2, -0.15) is 6.42 Å². The molecule has 2 fully saturated rings. The summed E-state index contributed by atoms with van der Waals surface area (Å²) in [4.78, 5) is 20.9. The van der Waals surface area contributed by atoms with Crippen LogP contribution in [0.4, 0.5) is 0 Å². The van der Waals surface area contributed by atoms with Crippen molar-refractivity contribution in [3.63, 3.8) is 0 Å². The minimum absolute atomic E-state index is 0. The monoisotopic (exact) mass is 666 g/mol. The first-order valence-electron chi connectivity index (χ1n) is 14.8. The molecule has 0 radical (unpaired) electrons. The van der Waals surface area contributed by atoms with E-state index < -0.39 is 14.4 Å². The summed E-state index contributed by atoms with van der Waals surface area (Å²) in [6.45, 7) is 25.7. The summed E-state index contributed by atoms with van der Waals surface area (Å²) >= 11 is 3.24. The quantitative estimate of drug-likeness (QED) is 0.252. The smallest absolute Gasteiger partial charge is 0.399 e. The van der Waals surface area contributed by atoms with E-state index in [1.165, 1.54) is 6.42 Å². The van der Waals surface area contributed by atoms with Crippen molar-refractivity contribution < 1.29 is 51.7 Å². The zero-order chi connectivity index (χ0) is 33.1. The Bertz CT molecular complexity index is 1120. The molecule has 0 bridgehead atoms. The van der Waals surface area contributed by atoms with Crippen LogP contribution >= 0.6 is 15.9 Å². The average Bonchev–Trinajstić information content (AvgIpc) is 3.27. The van der Waals surface area contributed by atoms with Gasteiger partial charge in [0.1, 0.15) is 12.6 Å². The molecule has 0 saturated carbocycles. The van der Waals surface area contributed by atoms with Crippen LogP contribution in [-0.2, 0) is 23.3 Å². The Morgan fingerprint density at radius 1 is 0.795 bits per heavy atom. The fourth-order valence-corrected chi connectivity index (χ4v) is 3.82. The summed E-state index contributed by atoms with van der Waals surface area (Å²) in [5.74, 6) is 0. The maximum absolute atomic E-state index is 10.7. The van der Waals surface area contributed by atoms with Crippen molar-refractivity contribution in [1.29, 1.82) is 0 Å². The molecule has 2 aliphatic rings. The number of carbonyl (C=O) groups is 2. The Labute approximate surface area is 287 Å². The number of rotatable bonds is 6. The number of unbranched alkanes of at least 4 members (excludes halogenated alkanes) is 1. The molecule has 11 heteroatoms. The molecule has 0 N–H and O–H groups in total. The molecule has 2 aliphatic heterocycles. The molecular formula is C33H50B2BrLiO7. The van der Waals surface area contributed by atoms with Crippen LogP contribution in [-0.4, -0.2) is 55.5 Å². The average molecular weight is 667 g/mol. The van der Waals surface area contributed by atoms with E-state index in [1.54, 1.807) is 24.3 Å². The van der Waals surface area contributed by atoms with Crippen LogP contribution in [0.25, 0.3) is 0 Å². The van der Waals surface area contributed by atoms with Gasteiger partial charge in [0, 0.05) is 21.7 Å². The van der Waals surface area contributed by atoms with E-state index in [9.17, 15) is 9.59 Å². The van der Waals surface area contributed by atoms with E-state index in [0.29, 0.717) is 11.1 Å². The molecule has 2 heterocycles. The van der Waals surface area contributed by atoms with Crippen molar-refractivity contribution in [1.82, 2.24) is 0 Å². The Morgan fingerprint density at radius 2 is 1.20 bits per heavy atom. The van der Waals surface area contributed by atoms with Gasteiger partial charge in [-0.15, -0.1) is 0 Å². The molecule has 2 saturated heterocycles. The van der Waals surface area contributed by atoms with Crippen molar-refractivity contribution in [2.45, 2.75) is 118 Å². The van der Waals surface area contributed by atoms with Crippen LogP contribution in [0.15, 0.2) is 53.0 Å². The summed E-state index contributed by atoms with van der Waals surface area (Å²) in [6, 6.07) is 14.6. The predicted molar refractivity (Wildman–Crippen MR) is 180 cm³/mol. The molecule has 0 aromatic heterocycles. The number of hydrogen-bond donors (Lipinski definition) is 0. The molecule has 0 spiro atoms. The summed E-state index contributed by atoms with van der Waals surface area (Å²) in [5, 5.41) is 0. The summed E-state index contributed by atoms with van der Waals surface area (Å²) < 4.78 is 29.5. The number of hydrogen-bond acceptors (Lipinski definition) is 7. The first kappa shape index (κ1) is 42.8. The second-order valence-electron chi connectivity index (χ2n) is 12.6. The number of carbonyl (C=O) groups excluding carboxylic acids is 2. The first-order chi connectivity index (χ1) is 19.8. The van der Waals surface area contributed by atoms with Gasteiger partial charge in [-0.05, 0) is 86.8 Å².